The zero-order chi connectivity index (χ0) is 12.3. The van der Waals surface area contributed by atoms with Gasteiger partial charge in [-0.25, -0.2) is 9.97 Å². The van der Waals surface area contributed by atoms with Gasteiger partial charge in [0.2, 0.25) is 0 Å². The molecule has 1 aromatic carbocycles. The van der Waals surface area contributed by atoms with Crippen molar-refractivity contribution in [1.29, 1.82) is 5.26 Å². The van der Waals surface area contributed by atoms with Crippen molar-refractivity contribution in [2.45, 2.75) is 6.92 Å². The summed E-state index contributed by atoms with van der Waals surface area (Å²) in [6.45, 7) is 1.93. The van der Waals surface area contributed by atoms with E-state index in [1.165, 1.54) is 12.5 Å². The highest BCUT2D eigenvalue weighted by Gasteiger charge is 2.05. The smallest absolute Gasteiger partial charge is 0.151 e. The third-order valence-electron chi connectivity index (χ3n) is 2.27. The van der Waals surface area contributed by atoms with Crippen LogP contribution in [0.5, 0.6) is 0 Å². The molecule has 2 aromatic rings. The van der Waals surface area contributed by atoms with Crippen molar-refractivity contribution in [2.75, 3.05) is 5.32 Å². The van der Waals surface area contributed by atoms with Gasteiger partial charge in [-0.3, -0.25) is 0 Å². The van der Waals surface area contributed by atoms with E-state index < -0.39 is 0 Å². The van der Waals surface area contributed by atoms with Gasteiger partial charge in [-0.15, -0.1) is 0 Å². The van der Waals surface area contributed by atoms with E-state index in [1.54, 1.807) is 6.07 Å². The molecule has 0 saturated heterocycles. The predicted molar refractivity (Wildman–Crippen MR) is 66.2 cm³/mol. The number of hydrogen-bond acceptors (Lipinski definition) is 4. The van der Waals surface area contributed by atoms with Crippen LogP contribution in [0.25, 0.3) is 0 Å². The lowest BCUT2D eigenvalue weighted by Crippen LogP contribution is -1.99. The molecule has 0 saturated carbocycles. The molecule has 2 rings (SSSR count). The summed E-state index contributed by atoms with van der Waals surface area (Å²) in [4.78, 5) is 7.83. The summed E-state index contributed by atoms with van der Waals surface area (Å²) in [5, 5.41) is 12.7. The minimum absolute atomic E-state index is 0.404. The van der Waals surface area contributed by atoms with Crippen molar-refractivity contribution < 1.29 is 0 Å². The predicted octanol–water partition coefficient (Wildman–Crippen LogP) is 3.05. The van der Waals surface area contributed by atoms with Crippen LogP contribution in [0.3, 0.4) is 0 Å². The molecule has 0 fully saturated rings. The van der Waals surface area contributed by atoms with E-state index in [4.69, 9.17) is 16.9 Å². The second kappa shape index (κ2) is 4.81. The highest BCUT2D eigenvalue weighted by molar-refractivity contribution is 6.30. The Balaban J connectivity index is 2.35. The van der Waals surface area contributed by atoms with Crippen molar-refractivity contribution in [1.82, 2.24) is 9.97 Å². The lowest BCUT2D eigenvalue weighted by Gasteiger charge is -2.09. The monoisotopic (exact) mass is 244 g/mol. The van der Waals surface area contributed by atoms with Crippen LogP contribution >= 0.6 is 11.6 Å². The number of nitrogens with one attached hydrogen (secondary N) is 1. The average molecular weight is 245 g/mol. The molecule has 4 nitrogen and oxygen atoms in total. The van der Waals surface area contributed by atoms with Crippen LogP contribution < -0.4 is 5.32 Å². The summed E-state index contributed by atoms with van der Waals surface area (Å²) in [5.41, 5.74) is 2.26. The molecular weight excluding hydrogens is 236 g/mol. The first kappa shape index (κ1) is 11.4. The third-order valence-corrected chi connectivity index (χ3v) is 2.51. The van der Waals surface area contributed by atoms with Crippen LogP contribution in [0.4, 0.5) is 11.5 Å². The van der Waals surface area contributed by atoms with Crippen LogP contribution in [-0.2, 0) is 0 Å². The second-order valence-electron chi connectivity index (χ2n) is 3.48. The maximum absolute atomic E-state index is 8.92. The summed E-state index contributed by atoms with van der Waals surface area (Å²) in [6, 6.07) is 7.51. The fourth-order valence-corrected chi connectivity index (χ4v) is 1.63. The maximum atomic E-state index is 8.92. The molecule has 0 spiro atoms. The van der Waals surface area contributed by atoms with Crippen molar-refractivity contribution in [2.24, 2.45) is 0 Å². The molecule has 5 heteroatoms. The zero-order valence-corrected chi connectivity index (χ0v) is 9.86. The van der Waals surface area contributed by atoms with Gasteiger partial charge in [-0.2, -0.15) is 5.26 Å². The van der Waals surface area contributed by atoms with Crippen LogP contribution in [0.2, 0.25) is 5.02 Å². The molecule has 1 heterocycles. The Morgan fingerprint density at radius 2 is 2.24 bits per heavy atom. The molecule has 0 amide bonds. The van der Waals surface area contributed by atoms with Gasteiger partial charge >= 0.3 is 0 Å². The van der Waals surface area contributed by atoms with E-state index in [0.29, 0.717) is 16.4 Å². The van der Waals surface area contributed by atoms with E-state index in [2.05, 4.69) is 15.3 Å². The van der Waals surface area contributed by atoms with Crippen LogP contribution in [0.15, 0.2) is 30.7 Å². The van der Waals surface area contributed by atoms with Crippen molar-refractivity contribution in [3.8, 4) is 6.07 Å². The quantitative estimate of drug-likeness (QED) is 0.882. The molecule has 0 bridgehead atoms. The minimum atomic E-state index is 0.404. The van der Waals surface area contributed by atoms with Gasteiger partial charge < -0.3 is 5.32 Å². The zero-order valence-electron chi connectivity index (χ0n) is 9.11. The molecule has 0 aliphatic carbocycles. The first-order valence-electron chi connectivity index (χ1n) is 4.94. The number of nitrogens with zero attached hydrogens (tertiary/aromatic N) is 3. The lowest BCUT2D eigenvalue weighted by molar-refractivity contribution is 1.15. The van der Waals surface area contributed by atoms with Gasteiger partial charge in [0.1, 0.15) is 18.0 Å². The van der Waals surface area contributed by atoms with E-state index in [-0.39, 0.29) is 0 Å². The number of benzene rings is 1. The van der Waals surface area contributed by atoms with Gasteiger partial charge in [-0.05, 0) is 30.7 Å². The lowest BCUT2D eigenvalue weighted by atomic mass is 10.2. The first-order valence-corrected chi connectivity index (χ1v) is 5.32. The molecule has 0 radical (unpaired) electrons. The Labute approximate surface area is 104 Å². The maximum Gasteiger partial charge on any atom is 0.151 e. The number of halogens is 1. The Bertz CT molecular complexity index is 589. The number of aryl methyl sites for hydroxylation is 1. The molecule has 84 valence electrons. The van der Waals surface area contributed by atoms with Crippen LogP contribution in [0, 0.1) is 18.3 Å². The Kier molecular flexibility index (Phi) is 3.22. The summed E-state index contributed by atoms with van der Waals surface area (Å²) in [7, 11) is 0. The first-order chi connectivity index (χ1) is 8.20. The SMILES string of the molecule is Cc1cc(Cl)ccc1Nc1ncncc1C#N. The Morgan fingerprint density at radius 3 is 2.94 bits per heavy atom. The summed E-state index contributed by atoms with van der Waals surface area (Å²) in [5.74, 6) is 0.493. The van der Waals surface area contributed by atoms with E-state index in [9.17, 15) is 0 Å². The van der Waals surface area contributed by atoms with Gasteiger partial charge in [0.25, 0.3) is 0 Å². The fourth-order valence-electron chi connectivity index (χ4n) is 1.41. The number of anilines is 2. The number of aromatic nitrogens is 2. The Morgan fingerprint density at radius 1 is 1.41 bits per heavy atom. The summed E-state index contributed by atoms with van der Waals surface area (Å²) in [6.07, 6.45) is 2.87. The molecular formula is C12H9ClN4. The number of nitriles is 1. The number of rotatable bonds is 2. The molecule has 17 heavy (non-hydrogen) atoms. The fraction of sp³-hybridized carbons (Fsp3) is 0.0833. The van der Waals surface area contributed by atoms with E-state index >= 15 is 0 Å². The molecule has 0 aliphatic heterocycles. The van der Waals surface area contributed by atoms with Crippen molar-refractivity contribution in [3.05, 3.63) is 46.9 Å². The number of hydrogen-bond donors (Lipinski definition) is 1. The van der Waals surface area contributed by atoms with Gasteiger partial charge in [0.05, 0.1) is 6.20 Å². The second-order valence-corrected chi connectivity index (χ2v) is 3.92. The molecule has 0 aliphatic rings. The normalized spacial score (nSPS) is 9.71. The molecule has 1 N–H and O–H groups in total. The van der Waals surface area contributed by atoms with Gasteiger partial charge in [0.15, 0.2) is 5.82 Å². The van der Waals surface area contributed by atoms with Crippen molar-refractivity contribution in [3.63, 3.8) is 0 Å². The highest BCUT2D eigenvalue weighted by atomic mass is 35.5. The van der Waals surface area contributed by atoms with Crippen LogP contribution in [-0.4, -0.2) is 9.97 Å². The topological polar surface area (TPSA) is 61.6 Å². The average Bonchev–Trinajstić information content (AvgIpc) is 2.33. The van der Waals surface area contributed by atoms with Crippen molar-refractivity contribution >= 4 is 23.1 Å². The molecule has 1 aromatic heterocycles. The molecule has 0 unspecified atom stereocenters. The van der Waals surface area contributed by atoms with Gasteiger partial charge in [0, 0.05) is 10.7 Å². The van der Waals surface area contributed by atoms with E-state index in [0.717, 1.165) is 11.3 Å². The standard InChI is InChI=1S/C12H9ClN4/c1-8-4-10(13)2-3-11(8)17-12-9(5-14)6-15-7-16-12/h2-4,6-7H,1H3,(H,15,16,17). The largest absolute Gasteiger partial charge is 0.339 e. The third kappa shape index (κ3) is 2.52. The summed E-state index contributed by atoms with van der Waals surface area (Å²) < 4.78 is 0. The molecule has 0 atom stereocenters. The van der Waals surface area contributed by atoms with Gasteiger partial charge in [-0.1, -0.05) is 11.6 Å². The van der Waals surface area contributed by atoms with Crippen LogP contribution in [0.1, 0.15) is 11.1 Å². The minimum Gasteiger partial charge on any atom is -0.339 e. The Hall–Kier alpha value is -2.12. The summed E-state index contributed by atoms with van der Waals surface area (Å²) >= 11 is 5.87. The highest BCUT2D eigenvalue weighted by Crippen LogP contribution is 2.23. The van der Waals surface area contributed by atoms with E-state index in [1.807, 2.05) is 25.1 Å².